The number of halogens is 2. The van der Waals surface area contributed by atoms with Crippen molar-refractivity contribution in [1.29, 1.82) is 0 Å². The van der Waals surface area contributed by atoms with Crippen LogP contribution in [0.4, 0.5) is 0 Å². The topological polar surface area (TPSA) is 88.7 Å². The molecule has 0 aliphatic carbocycles. The number of hydrogen-bond donors (Lipinski definition) is 2. The van der Waals surface area contributed by atoms with E-state index < -0.39 is 28.8 Å². The van der Waals surface area contributed by atoms with Crippen LogP contribution in [-0.4, -0.2) is 37.4 Å². The number of benzene rings is 1. The third kappa shape index (κ3) is 3.34. The van der Waals surface area contributed by atoms with Gasteiger partial charge in [0.15, 0.2) is 0 Å². The Kier molecular flexibility index (Phi) is 4.99. The molecule has 8 heteroatoms. The average molecular weight is 313 g/mol. The van der Waals surface area contributed by atoms with Gasteiger partial charge in [0.25, 0.3) is 0 Å². The van der Waals surface area contributed by atoms with E-state index in [0.29, 0.717) is 0 Å². The Bertz CT molecular complexity index is 508. The van der Waals surface area contributed by atoms with E-state index in [-0.39, 0.29) is 14.9 Å². The van der Waals surface area contributed by atoms with Crippen LogP contribution in [0.3, 0.4) is 0 Å². The largest absolute Gasteiger partial charge is 0.536 e. The lowest BCUT2D eigenvalue weighted by molar-refractivity contribution is 0.156. The predicted molar refractivity (Wildman–Crippen MR) is 69.6 cm³/mol. The van der Waals surface area contributed by atoms with Crippen molar-refractivity contribution in [2.75, 3.05) is 13.2 Å². The van der Waals surface area contributed by atoms with Crippen molar-refractivity contribution in [3.63, 3.8) is 0 Å². The molecule has 0 bridgehead atoms. The summed E-state index contributed by atoms with van der Waals surface area (Å²) >= 11 is 11.6. The van der Waals surface area contributed by atoms with Crippen molar-refractivity contribution in [1.82, 2.24) is 0 Å². The molecule has 0 aromatic heterocycles. The molecule has 0 amide bonds. The van der Waals surface area contributed by atoms with Crippen LogP contribution in [0.1, 0.15) is 6.92 Å². The highest BCUT2D eigenvalue weighted by Crippen LogP contribution is 2.35. The van der Waals surface area contributed by atoms with Crippen LogP contribution in [0.25, 0.3) is 4.72 Å². The molecular formula is C10H12Cl2NO4S-. The summed E-state index contributed by atoms with van der Waals surface area (Å²) in [6.07, 6.45) is 0. The van der Waals surface area contributed by atoms with Gasteiger partial charge in [-0.3, -0.25) is 0 Å². The second-order valence-corrected chi connectivity index (χ2v) is 6.29. The van der Waals surface area contributed by atoms with Crippen LogP contribution in [0.2, 0.25) is 10.0 Å². The first-order valence-electron chi connectivity index (χ1n) is 4.91. The number of hydrogen-bond acceptors (Lipinski definition) is 4. The lowest BCUT2D eigenvalue weighted by Gasteiger charge is -2.39. The Morgan fingerprint density at radius 1 is 1.22 bits per heavy atom. The summed E-state index contributed by atoms with van der Waals surface area (Å²) in [5, 5.41) is 18.0. The van der Waals surface area contributed by atoms with Gasteiger partial charge in [-0.2, -0.15) is 0 Å². The zero-order chi connectivity index (χ0) is 14.0. The minimum absolute atomic E-state index is 0.0653. The maximum absolute atomic E-state index is 12.0. The monoisotopic (exact) mass is 312 g/mol. The van der Waals surface area contributed by atoms with Crippen molar-refractivity contribution in [2.24, 2.45) is 0 Å². The molecule has 102 valence electrons. The van der Waals surface area contributed by atoms with Crippen LogP contribution in [0, 0.1) is 0 Å². The summed E-state index contributed by atoms with van der Waals surface area (Å²) in [4.78, 5) is -0.332. The predicted octanol–water partition coefficient (Wildman–Crippen LogP) is 1.80. The summed E-state index contributed by atoms with van der Waals surface area (Å²) in [5.41, 5.74) is -1.51. The van der Waals surface area contributed by atoms with E-state index >= 15 is 0 Å². The first-order valence-corrected chi connectivity index (χ1v) is 7.10. The molecular weight excluding hydrogens is 301 g/mol. The van der Waals surface area contributed by atoms with Crippen LogP contribution in [-0.2, 0) is 10.0 Å². The van der Waals surface area contributed by atoms with E-state index in [2.05, 4.69) is 4.72 Å². The Morgan fingerprint density at radius 2 is 1.67 bits per heavy atom. The normalized spacial score (nSPS) is 12.7. The minimum Gasteiger partial charge on any atom is -0.536 e. The molecule has 0 saturated carbocycles. The highest BCUT2D eigenvalue weighted by atomic mass is 35.5. The summed E-state index contributed by atoms with van der Waals surface area (Å²) in [6, 6.07) is 4.23. The van der Waals surface area contributed by atoms with Crippen LogP contribution in [0.15, 0.2) is 23.1 Å². The van der Waals surface area contributed by atoms with Crippen molar-refractivity contribution >= 4 is 33.2 Å². The van der Waals surface area contributed by atoms with Crippen molar-refractivity contribution < 1.29 is 18.6 Å². The van der Waals surface area contributed by atoms with Gasteiger partial charge >= 0.3 is 0 Å². The SMILES string of the molecule is CC(CO)(CO)[N-]S(=O)(=O)c1c(Cl)cccc1Cl. The fraction of sp³-hybridized carbons (Fsp3) is 0.400. The van der Waals surface area contributed by atoms with Crippen LogP contribution in [0.5, 0.6) is 0 Å². The van der Waals surface area contributed by atoms with Crippen LogP contribution < -0.4 is 0 Å². The zero-order valence-electron chi connectivity index (χ0n) is 9.47. The zero-order valence-corrected chi connectivity index (χ0v) is 11.8. The quantitative estimate of drug-likeness (QED) is 0.867. The van der Waals surface area contributed by atoms with Gasteiger partial charge in [0.05, 0.1) is 14.9 Å². The first kappa shape index (κ1) is 15.7. The molecule has 1 rings (SSSR count). The summed E-state index contributed by atoms with van der Waals surface area (Å²) < 4.78 is 27.6. The summed E-state index contributed by atoms with van der Waals surface area (Å²) in [6.45, 7) is 0.0604. The number of rotatable bonds is 5. The first-order chi connectivity index (χ1) is 8.25. The van der Waals surface area contributed by atoms with E-state index in [9.17, 15) is 8.42 Å². The maximum atomic E-state index is 12.0. The number of aliphatic hydroxyl groups is 2. The number of aliphatic hydroxyl groups excluding tert-OH is 2. The highest BCUT2D eigenvalue weighted by Gasteiger charge is 2.21. The fourth-order valence-corrected chi connectivity index (χ4v) is 3.57. The molecule has 0 saturated heterocycles. The lowest BCUT2D eigenvalue weighted by atomic mass is 10.1. The Hall–Kier alpha value is -0.370. The molecule has 1 aromatic carbocycles. The molecule has 0 fully saturated rings. The molecule has 18 heavy (non-hydrogen) atoms. The van der Waals surface area contributed by atoms with Gasteiger partial charge in [-0.15, -0.1) is 0 Å². The second kappa shape index (κ2) is 5.73. The molecule has 0 atom stereocenters. The third-order valence-electron chi connectivity index (χ3n) is 2.20. The van der Waals surface area contributed by atoms with E-state index in [1.165, 1.54) is 25.1 Å². The van der Waals surface area contributed by atoms with Crippen molar-refractivity contribution in [3.05, 3.63) is 33.0 Å². The molecule has 5 nitrogen and oxygen atoms in total. The van der Waals surface area contributed by atoms with E-state index in [4.69, 9.17) is 33.4 Å². The second-order valence-electron chi connectivity index (χ2n) is 3.93. The average Bonchev–Trinajstić information content (AvgIpc) is 2.27. The third-order valence-corrected chi connectivity index (χ3v) is 4.69. The number of nitrogens with zero attached hydrogens (tertiary/aromatic N) is 1. The Morgan fingerprint density at radius 3 is 2.06 bits per heavy atom. The van der Waals surface area contributed by atoms with Gasteiger partial charge < -0.3 is 14.9 Å². The number of sulfonamides is 1. The molecule has 0 heterocycles. The van der Waals surface area contributed by atoms with Gasteiger partial charge in [-0.25, -0.2) is 8.42 Å². The van der Waals surface area contributed by atoms with Crippen molar-refractivity contribution in [2.45, 2.75) is 17.4 Å². The van der Waals surface area contributed by atoms with Gasteiger partial charge in [0, 0.05) is 13.2 Å². The van der Waals surface area contributed by atoms with E-state index in [1.54, 1.807) is 0 Å². The summed E-state index contributed by atoms with van der Waals surface area (Å²) in [5.74, 6) is 0. The standard InChI is InChI=1S/C10H12Cl2NO4S/c1-10(5-14,6-15)13-18(16,17)9-7(11)3-2-4-8(9)12/h2-4,14-15H,5-6H2,1H3/q-1. The Balaban J connectivity index is 3.23. The molecule has 0 aliphatic heterocycles. The smallest absolute Gasteiger partial charge is 0.104 e. The van der Waals surface area contributed by atoms with Gasteiger partial charge in [0.2, 0.25) is 0 Å². The molecule has 0 aliphatic rings. The van der Waals surface area contributed by atoms with Crippen molar-refractivity contribution in [3.8, 4) is 0 Å². The maximum Gasteiger partial charge on any atom is 0.104 e. The van der Waals surface area contributed by atoms with Gasteiger partial charge in [0.1, 0.15) is 10.0 Å². The summed E-state index contributed by atoms with van der Waals surface area (Å²) in [7, 11) is -4.16. The molecule has 0 radical (unpaired) electrons. The van der Waals surface area contributed by atoms with Gasteiger partial charge in [-0.05, 0) is 12.1 Å². The molecule has 0 spiro atoms. The lowest BCUT2D eigenvalue weighted by Crippen LogP contribution is -2.35. The minimum atomic E-state index is -4.16. The van der Waals surface area contributed by atoms with Crippen LogP contribution >= 0.6 is 23.2 Å². The molecule has 2 N–H and O–H groups in total. The van der Waals surface area contributed by atoms with E-state index in [0.717, 1.165) is 0 Å². The molecule has 0 unspecified atom stereocenters. The Labute approximate surface area is 115 Å². The fourth-order valence-electron chi connectivity index (χ4n) is 1.17. The molecule has 1 aromatic rings. The highest BCUT2D eigenvalue weighted by molar-refractivity contribution is 7.94. The van der Waals surface area contributed by atoms with E-state index in [1.807, 2.05) is 0 Å². The van der Waals surface area contributed by atoms with Gasteiger partial charge in [-0.1, -0.05) is 41.7 Å².